The van der Waals surface area contributed by atoms with E-state index < -0.39 is 12.3 Å². The number of alkyl halides is 1. The maximum absolute atomic E-state index is 13.4. The molecule has 0 radical (unpaired) electrons. The summed E-state index contributed by atoms with van der Waals surface area (Å²) in [6, 6.07) is 0. The van der Waals surface area contributed by atoms with E-state index in [1.165, 1.54) is 0 Å². The molecule has 0 saturated carbocycles. The van der Waals surface area contributed by atoms with E-state index in [4.69, 9.17) is 0 Å². The fourth-order valence-corrected chi connectivity index (χ4v) is 1.26. The van der Waals surface area contributed by atoms with Crippen LogP contribution in [0, 0.1) is 11.8 Å². The van der Waals surface area contributed by atoms with E-state index >= 15 is 0 Å². The number of rotatable bonds is 5. The van der Waals surface area contributed by atoms with Gasteiger partial charge in [0.1, 0.15) is 6.17 Å². The van der Waals surface area contributed by atoms with E-state index in [0.717, 1.165) is 6.42 Å². The summed E-state index contributed by atoms with van der Waals surface area (Å²) in [6.07, 6.45) is -0.376. The average molecular weight is 176 g/mol. The second-order valence-corrected chi connectivity index (χ2v) is 3.66. The SMILES string of the molecule is CCC(C)C(C)C(F)C(O)CC. The third-order valence-corrected chi connectivity index (χ3v) is 2.83. The molecule has 0 heterocycles. The molecule has 1 nitrogen and oxygen atoms in total. The summed E-state index contributed by atoms with van der Waals surface area (Å²) in [7, 11) is 0. The van der Waals surface area contributed by atoms with Crippen molar-refractivity contribution in [2.75, 3.05) is 0 Å². The van der Waals surface area contributed by atoms with Gasteiger partial charge in [-0.15, -0.1) is 0 Å². The molecule has 1 N–H and O–H groups in total. The Morgan fingerprint density at radius 1 is 1.17 bits per heavy atom. The average Bonchev–Trinajstić information content (AvgIpc) is 2.12. The fourth-order valence-electron chi connectivity index (χ4n) is 1.26. The molecular weight excluding hydrogens is 155 g/mol. The van der Waals surface area contributed by atoms with Crippen LogP contribution in [0.15, 0.2) is 0 Å². The molecule has 0 aromatic rings. The highest BCUT2D eigenvalue weighted by Crippen LogP contribution is 2.23. The molecule has 0 spiro atoms. The predicted octanol–water partition coefficient (Wildman–Crippen LogP) is 2.78. The van der Waals surface area contributed by atoms with Crippen molar-refractivity contribution in [3.8, 4) is 0 Å². The van der Waals surface area contributed by atoms with Crippen molar-refractivity contribution < 1.29 is 9.50 Å². The lowest BCUT2D eigenvalue weighted by atomic mass is 9.87. The van der Waals surface area contributed by atoms with Gasteiger partial charge in [-0.3, -0.25) is 0 Å². The smallest absolute Gasteiger partial charge is 0.129 e. The molecular formula is C10H21FO. The van der Waals surface area contributed by atoms with Crippen LogP contribution in [-0.4, -0.2) is 17.4 Å². The number of hydrogen-bond donors (Lipinski definition) is 1. The Morgan fingerprint density at radius 3 is 2.00 bits per heavy atom. The lowest BCUT2D eigenvalue weighted by molar-refractivity contribution is 0.0279. The molecule has 4 atom stereocenters. The quantitative estimate of drug-likeness (QED) is 0.683. The van der Waals surface area contributed by atoms with Crippen LogP contribution in [0.4, 0.5) is 4.39 Å². The van der Waals surface area contributed by atoms with Crippen LogP contribution in [0.3, 0.4) is 0 Å². The van der Waals surface area contributed by atoms with E-state index in [0.29, 0.717) is 12.3 Å². The Bertz CT molecular complexity index is 102. The number of aliphatic hydroxyl groups is 1. The van der Waals surface area contributed by atoms with Gasteiger partial charge in [0.15, 0.2) is 0 Å². The van der Waals surface area contributed by atoms with Crippen molar-refractivity contribution in [1.82, 2.24) is 0 Å². The first-order valence-corrected chi connectivity index (χ1v) is 4.86. The molecule has 74 valence electrons. The van der Waals surface area contributed by atoms with Gasteiger partial charge in [-0.2, -0.15) is 0 Å². The van der Waals surface area contributed by atoms with Crippen LogP contribution >= 0.6 is 0 Å². The van der Waals surface area contributed by atoms with E-state index in [1.807, 2.05) is 20.8 Å². The largest absolute Gasteiger partial charge is 0.390 e. The van der Waals surface area contributed by atoms with Gasteiger partial charge < -0.3 is 5.11 Å². The van der Waals surface area contributed by atoms with E-state index in [9.17, 15) is 9.50 Å². The lowest BCUT2D eigenvalue weighted by Crippen LogP contribution is -2.31. The summed E-state index contributed by atoms with van der Waals surface area (Å²) in [5, 5.41) is 9.27. The first kappa shape index (κ1) is 11.9. The molecule has 0 aliphatic heterocycles. The van der Waals surface area contributed by atoms with Crippen LogP contribution in [0.2, 0.25) is 0 Å². The summed E-state index contributed by atoms with van der Waals surface area (Å²) in [6.45, 7) is 7.75. The highest BCUT2D eigenvalue weighted by molar-refractivity contribution is 4.75. The second kappa shape index (κ2) is 5.52. The molecule has 0 aromatic carbocycles. The van der Waals surface area contributed by atoms with Gasteiger partial charge in [-0.1, -0.05) is 34.1 Å². The van der Waals surface area contributed by atoms with Crippen molar-refractivity contribution in [3.05, 3.63) is 0 Å². The Labute approximate surface area is 75.0 Å². The molecule has 12 heavy (non-hydrogen) atoms. The van der Waals surface area contributed by atoms with Crippen LogP contribution < -0.4 is 0 Å². The van der Waals surface area contributed by atoms with Crippen molar-refractivity contribution in [2.45, 2.75) is 52.8 Å². The van der Waals surface area contributed by atoms with Crippen LogP contribution in [0.5, 0.6) is 0 Å². The molecule has 4 unspecified atom stereocenters. The zero-order valence-corrected chi connectivity index (χ0v) is 8.55. The molecule has 2 heteroatoms. The number of halogens is 1. The lowest BCUT2D eigenvalue weighted by Gasteiger charge is -2.25. The van der Waals surface area contributed by atoms with Crippen LogP contribution in [0.1, 0.15) is 40.5 Å². The molecule has 0 bridgehead atoms. The van der Waals surface area contributed by atoms with Crippen LogP contribution in [-0.2, 0) is 0 Å². The molecule has 0 rings (SSSR count). The van der Waals surface area contributed by atoms with Crippen LogP contribution in [0.25, 0.3) is 0 Å². The minimum Gasteiger partial charge on any atom is -0.390 e. The summed E-state index contributed by atoms with van der Waals surface area (Å²) < 4.78 is 13.4. The molecule has 0 aliphatic rings. The highest BCUT2D eigenvalue weighted by Gasteiger charge is 2.26. The molecule has 0 aromatic heterocycles. The zero-order chi connectivity index (χ0) is 9.72. The van der Waals surface area contributed by atoms with E-state index in [2.05, 4.69) is 0 Å². The molecule has 0 saturated heterocycles. The van der Waals surface area contributed by atoms with Crippen molar-refractivity contribution >= 4 is 0 Å². The van der Waals surface area contributed by atoms with E-state index in [-0.39, 0.29) is 5.92 Å². The number of aliphatic hydroxyl groups excluding tert-OH is 1. The van der Waals surface area contributed by atoms with Crippen molar-refractivity contribution in [3.63, 3.8) is 0 Å². The van der Waals surface area contributed by atoms with Gasteiger partial charge in [0.05, 0.1) is 6.10 Å². The van der Waals surface area contributed by atoms with Crippen molar-refractivity contribution in [1.29, 1.82) is 0 Å². The molecule has 0 aliphatic carbocycles. The van der Waals surface area contributed by atoms with Gasteiger partial charge in [0.25, 0.3) is 0 Å². The van der Waals surface area contributed by atoms with Crippen molar-refractivity contribution in [2.24, 2.45) is 11.8 Å². The minimum absolute atomic E-state index is 0.0371. The standard InChI is InChI=1S/C10H21FO/c1-5-7(3)8(4)10(11)9(12)6-2/h7-10,12H,5-6H2,1-4H3. The van der Waals surface area contributed by atoms with Gasteiger partial charge in [0.2, 0.25) is 0 Å². The Morgan fingerprint density at radius 2 is 1.67 bits per heavy atom. The Hall–Kier alpha value is -0.110. The van der Waals surface area contributed by atoms with Gasteiger partial charge >= 0.3 is 0 Å². The molecule has 0 amide bonds. The zero-order valence-electron chi connectivity index (χ0n) is 8.55. The second-order valence-electron chi connectivity index (χ2n) is 3.66. The monoisotopic (exact) mass is 176 g/mol. The maximum atomic E-state index is 13.4. The number of hydrogen-bond acceptors (Lipinski definition) is 1. The third kappa shape index (κ3) is 3.10. The molecule has 0 fully saturated rings. The van der Waals surface area contributed by atoms with Gasteiger partial charge in [-0.25, -0.2) is 4.39 Å². The predicted molar refractivity (Wildman–Crippen MR) is 49.8 cm³/mol. The van der Waals surface area contributed by atoms with E-state index in [1.54, 1.807) is 6.92 Å². The Kier molecular flexibility index (Phi) is 5.47. The normalized spacial score (nSPS) is 21.5. The maximum Gasteiger partial charge on any atom is 0.129 e. The fraction of sp³-hybridized carbons (Fsp3) is 1.00. The first-order valence-electron chi connectivity index (χ1n) is 4.86. The highest BCUT2D eigenvalue weighted by atomic mass is 19.1. The third-order valence-electron chi connectivity index (χ3n) is 2.83. The van der Waals surface area contributed by atoms with Gasteiger partial charge in [-0.05, 0) is 18.3 Å². The van der Waals surface area contributed by atoms with Gasteiger partial charge in [0, 0.05) is 0 Å². The summed E-state index contributed by atoms with van der Waals surface area (Å²) in [5.41, 5.74) is 0. The Balaban J connectivity index is 3.99. The minimum atomic E-state index is -1.06. The summed E-state index contributed by atoms with van der Waals surface area (Å²) >= 11 is 0. The first-order chi connectivity index (χ1) is 5.54. The summed E-state index contributed by atoms with van der Waals surface area (Å²) in [4.78, 5) is 0. The topological polar surface area (TPSA) is 20.2 Å². The summed E-state index contributed by atoms with van der Waals surface area (Å²) in [5.74, 6) is 0.311.